The summed E-state index contributed by atoms with van der Waals surface area (Å²) in [5.41, 5.74) is 7.98. The summed E-state index contributed by atoms with van der Waals surface area (Å²) < 4.78 is 6.07. The maximum absolute atomic E-state index is 12.5. The van der Waals surface area contributed by atoms with Crippen LogP contribution < -0.4 is 10.6 Å². The summed E-state index contributed by atoms with van der Waals surface area (Å²) in [6, 6.07) is 17.2. The van der Waals surface area contributed by atoms with Gasteiger partial charge in [0.05, 0.1) is 0 Å². The van der Waals surface area contributed by atoms with Crippen molar-refractivity contribution in [2.75, 3.05) is 5.32 Å². The Morgan fingerprint density at radius 1 is 0.968 bits per heavy atom. The summed E-state index contributed by atoms with van der Waals surface area (Å²) in [5.74, 6) is 0.305. The normalized spacial score (nSPS) is 10.8. The van der Waals surface area contributed by atoms with Gasteiger partial charge in [0.2, 0.25) is 5.89 Å². The van der Waals surface area contributed by atoms with E-state index < -0.39 is 0 Å². The topological polar surface area (TPSA) is 67.2 Å². The van der Waals surface area contributed by atoms with Gasteiger partial charge < -0.3 is 9.73 Å². The molecule has 0 atom stereocenters. The van der Waals surface area contributed by atoms with Gasteiger partial charge in [-0.15, -0.1) is 0 Å². The lowest BCUT2D eigenvalue weighted by molar-refractivity contribution is 0.0977. The van der Waals surface area contributed by atoms with Crippen molar-refractivity contribution in [1.82, 2.24) is 10.3 Å². The molecule has 1 aromatic heterocycles. The van der Waals surface area contributed by atoms with Gasteiger partial charge in [0, 0.05) is 16.8 Å². The summed E-state index contributed by atoms with van der Waals surface area (Å²) in [6.45, 7) is 7.97. The maximum Gasteiger partial charge on any atom is 0.257 e. The number of hydrogen-bond donors (Lipinski definition) is 2. The van der Waals surface area contributed by atoms with Crippen LogP contribution in [0.2, 0.25) is 0 Å². The molecule has 6 heteroatoms. The molecule has 4 rings (SSSR count). The van der Waals surface area contributed by atoms with Gasteiger partial charge in [-0.2, -0.15) is 0 Å². The van der Waals surface area contributed by atoms with Crippen LogP contribution in [0.25, 0.3) is 22.6 Å². The van der Waals surface area contributed by atoms with Crippen molar-refractivity contribution >= 4 is 40.0 Å². The minimum Gasteiger partial charge on any atom is -0.436 e. The van der Waals surface area contributed by atoms with Crippen molar-refractivity contribution in [2.45, 2.75) is 27.7 Å². The summed E-state index contributed by atoms with van der Waals surface area (Å²) >= 11 is 5.37. The van der Waals surface area contributed by atoms with Crippen molar-refractivity contribution in [3.8, 4) is 11.5 Å². The van der Waals surface area contributed by atoms with Crippen LogP contribution >= 0.6 is 12.2 Å². The molecule has 4 aromatic rings. The number of carbonyl (C=O) groups excluding carboxylic acids is 1. The lowest BCUT2D eigenvalue weighted by Crippen LogP contribution is -2.34. The summed E-state index contributed by atoms with van der Waals surface area (Å²) in [7, 11) is 0. The third kappa shape index (κ3) is 4.34. The number of aromatic nitrogens is 1. The molecule has 156 valence electrons. The number of rotatable bonds is 3. The molecule has 0 saturated heterocycles. The summed E-state index contributed by atoms with van der Waals surface area (Å²) in [4.78, 5) is 17.2. The average Bonchev–Trinajstić information content (AvgIpc) is 3.13. The number of benzene rings is 3. The van der Waals surface area contributed by atoms with Crippen molar-refractivity contribution in [2.24, 2.45) is 0 Å². The number of amides is 1. The molecule has 0 aliphatic heterocycles. The Morgan fingerprint density at radius 2 is 1.74 bits per heavy atom. The molecule has 0 aliphatic carbocycles. The Bertz CT molecular complexity index is 1320. The van der Waals surface area contributed by atoms with Gasteiger partial charge in [-0.05, 0) is 86.9 Å². The maximum atomic E-state index is 12.5. The highest BCUT2D eigenvalue weighted by atomic mass is 32.1. The van der Waals surface area contributed by atoms with Crippen LogP contribution in [-0.2, 0) is 0 Å². The molecule has 0 spiro atoms. The number of carbonyl (C=O) groups is 1. The first kappa shape index (κ1) is 20.8. The average molecular weight is 430 g/mol. The number of fused-ring (bicyclic) bond motifs is 1. The van der Waals surface area contributed by atoms with E-state index in [0.29, 0.717) is 11.5 Å². The molecule has 31 heavy (non-hydrogen) atoms. The second-order valence-electron chi connectivity index (χ2n) is 7.70. The third-order valence-corrected chi connectivity index (χ3v) is 5.34. The highest BCUT2D eigenvalue weighted by molar-refractivity contribution is 7.80. The zero-order valence-corrected chi connectivity index (χ0v) is 18.7. The van der Waals surface area contributed by atoms with Crippen LogP contribution in [-0.4, -0.2) is 16.0 Å². The van der Waals surface area contributed by atoms with Crippen LogP contribution in [0.5, 0.6) is 0 Å². The van der Waals surface area contributed by atoms with E-state index in [9.17, 15) is 4.79 Å². The van der Waals surface area contributed by atoms with Crippen molar-refractivity contribution < 1.29 is 9.21 Å². The molecule has 0 bridgehead atoms. The first-order valence-electron chi connectivity index (χ1n) is 9.98. The molecule has 0 saturated carbocycles. The molecule has 2 N–H and O–H groups in total. The molecule has 0 radical (unpaired) electrons. The van der Waals surface area contributed by atoms with Crippen LogP contribution in [0, 0.1) is 27.7 Å². The van der Waals surface area contributed by atoms with E-state index in [1.165, 1.54) is 0 Å². The van der Waals surface area contributed by atoms with Crippen LogP contribution in [0.3, 0.4) is 0 Å². The molecule has 1 heterocycles. The summed E-state index contributed by atoms with van der Waals surface area (Å²) in [5, 5.41) is 6.09. The van der Waals surface area contributed by atoms with Crippen LogP contribution in [0.15, 0.2) is 59.0 Å². The van der Waals surface area contributed by atoms with E-state index in [2.05, 4.69) is 21.7 Å². The van der Waals surface area contributed by atoms with E-state index in [-0.39, 0.29) is 11.0 Å². The third-order valence-electron chi connectivity index (χ3n) is 5.14. The van der Waals surface area contributed by atoms with Crippen molar-refractivity contribution in [3.05, 3.63) is 82.4 Å². The van der Waals surface area contributed by atoms with Crippen LogP contribution in [0.1, 0.15) is 32.6 Å². The minimum atomic E-state index is -0.250. The Hall–Kier alpha value is -3.51. The summed E-state index contributed by atoms with van der Waals surface area (Å²) in [6.07, 6.45) is 0. The Morgan fingerprint density at radius 3 is 2.52 bits per heavy atom. The zero-order chi connectivity index (χ0) is 22.1. The predicted octanol–water partition coefficient (Wildman–Crippen LogP) is 5.86. The highest BCUT2D eigenvalue weighted by Gasteiger charge is 2.15. The smallest absolute Gasteiger partial charge is 0.257 e. The fourth-order valence-electron chi connectivity index (χ4n) is 3.61. The van der Waals surface area contributed by atoms with Gasteiger partial charge in [0.15, 0.2) is 10.7 Å². The van der Waals surface area contributed by atoms with Gasteiger partial charge in [-0.1, -0.05) is 29.8 Å². The molecule has 0 fully saturated rings. The van der Waals surface area contributed by atoms with Crippen molar-refractivity contribution in [3.63, 3.8) is 0 Å². The lowest BCUT2D eigenvalue weighted by Gasteiger charge is -2.13. The largest absolute Gasteiger partial charge is 0.436 e. The van der Waals surface area contributed by atoms with Crippen molar-refractivity contribution in [1.29, 1.82) is 0 Å². The number of aryl methyl sites for hydroxylation is 3. The van der Waals surface area contributed by atoms with Gasteiger partial charge in [0.1, 0.15) is 5.52 Å². The SMILES string of the molecule is Cc1cccc(C(=O)NC(=S)Nc2cccc(-c3nc4cc(C)cc(C)c4o3)c2C)c1. The van der Waals surface area contributed by atoms with Gasteiger partial charge in [-0.25, -0.2) is 4.98 Å². The second kappa shape index (κ2) is 8.32. The van der Waals surface area contributed by atoms with Crippen LogP contribution in [0.4, 0.5) is 5.69 Å². The van der Waals surface area contributed by atoms with E-state index in [1.807, 2.05) is 70.2 Å². The Kier molecular flexibility index (Phi) is 5.57. The van der Waals surface area contributed by atoms with Gasteiger partial charge >= 0.3 is 0 Å². The number of hydrogen-bond acceptors (Lipinski definition) is 4. The minimum absolute atomic E-state index is 0.232. The van der Waals surface area contributed by atoms with E-state index in [4.69, 9.17) is 16.6 Å². The monoisotopic (exact) mass is 429 g/mol. The van der Waals surface area contributed by atoms with E-state index in [0.717, 1.165) is 44.6 Å². The molecule has 3 aromatic carbocycles. The molecule has 5 nitrogen and oxygen atoms in total. The molecular weight excluding hydrogens is 406 g/mol. The van der Waals surface area contributed by atoms with E-state index in [1.54, 1.807) is 6.07 Å². The van der Waals surface area contributed by atoms with Gasteiger partial charge in [0.25, 0.3) is 5.91 Å². The fourth-order valence-corrected chi connectivity index (χ4v) is 3.81. The molecule has 1 amide bonds. The molecular formula is C25H23N3O2S. The lowest BCUT2D eigenvalue weighted by atomic mass is 10.1. The first-order valence-corrected chi connectivity index (χ1v) is 10.4. The molecule has 0 aliphatic rings. The number of nitrogens with zero attached hydrogens (tertiary/aromatic N) is 1. The predicted molar refractivity (Wildman–Crippen MR) is 129 cm³/mol. The zero-order valence-electron chi connectivity index (χ0n) is 17.9. The standard InChI is InChI=1S/C25H23N3O2S/c1-14-7-5-8-18(12-14)23(29)28-25(31)27-20-10-6-9-19(17(20)4)24-26-21-13-15(2)11-16(3)22(21)30-24/h5-13H,1-4H3,(H2,27,28,29,31). The molecule has 0 unspecified atom stereocenters. The number of thiocarbonyl (C=S) groups is 1. The fraction of sp³-hybridized carbons (Fsp3) is 0.160. The first-order chi connectivity index (χ1) is 14.8. The highest BCUT2D eigenvalue weighted by Crippen LogP contribution is 2.32. The Labute approximate surface area is 186 Å². The van der Waals surface area contributed by atoms with E-state index >= 15 is 0 Å². The number of oxazole rings is 1. The number of anilines is 1. The Balaban J connectivity index is 1.57. The van der Waals surface area contributed by atoms with Gasteiger partial charge in [-0.3, -0.25) is 10.1 Å². The quantitative estimate of drug-likeness (QED) is 0.400. The number of nitrogens with one attached hydrogen (secondary N) is 2. The second-order valence-corrected chi connectivity index (χ2v) is 8.11.